The number of ether oxygens (including phenoxy) is 2. The van der Waals surface area contributed by atoms with Gasteiger partial charge in [0.1, 0.15) is 12.2 Å². The molecule has 1 heterocycles. The molecule has 1 aliphatic heterocycles. The summed E-state index contributed by atoms with van der Waals surface area (Å²) in [5, 5.41) is 8.59. The van der Waals surface area contributed by atoms with Crippen LogP contribution >= 0.6 is 0 Å². The van der Waals surface area contributed by atoms with Crippen molar-refractivity contribution in [2.75, 3.05) is 0 Å². The van der Waals surface area contributed by atoms with Crippen LogP contribution in [0.5, 0.6) is 0 Å². The number of hydrogen-bond acceptors (Lipinski definition) is 6. The topological polar surface area (TPSA) is 107 Å². The van der Waals surface area contributed by atoms with Gasteiger partial charge in [-0.05, 0) is 6.42 Å². The lowest BCUT2D eigenvalue weighted by Gasteiger charge is -2.35. The molecule has 0 bridgehead atoms. The molecule has 0 aromatic heterocycles. The van der Waals surface area contributed by atoms with Gasteiger partial charge in [0.2, 0.25) is 0 Å². The molecule has 0 saturated carbocycles. The Kier molecular flexibility index (Phi) is 4.28. The Morgan fingerprint density at radius 2 is 1.74 bits per heavy atom. The number of carboxylic acid groups (broad SMARTS) is 1. The molecule has 1 unspecified atom stereocenters. The second-order valence-electron chi connectivity index (χ2n) is 4.77. The highest BCUT2D eigenvalue weighted by Crippen LogP contribution is 2.30. The molecule has 0 spiro atoms. The number of Topliss-reactive ketones (excluding diaryl/α,β-unsaturated/α-hetero) is 1. The maximum atomic E-state index is 11.8. The summed E-state index contributed by atoms with van der Waals surface area (Å²) >= 11 is 0. The summed E-state index contributed by atoms with van der Waals surface area (Å²) in [7, 11) is 0. The van der Waals surface area contributed by atoms with Crippen molar-refractivity contribution in [1.82, 2.24) is 0 Å². The maximum Gasteiger partial charge on any atom is 0.324 e. The van der Waals surface area contributed by atoms with Crippen LogP contribution in [-0.2, 0) is 28.7 Å². The summed E-state index contributed by atoms with van der Waals surface area (Å²) < 4.78 is 9.83. The Morgan fingerprint density at radius 1 is 1.26 bits per heavy atom. The minimum Gasteiger partial charge on any atom is -0.481 e. The second-order valence-corrected chi connectivity index (χ2v) is 4.77. The Bertz CT molecular complexity index is 404. The predicted molar refractivity (Wildman–Crippen MR) is 60.8 cm³/mol. The molecule has 7 nitrogen and oxygen atoms in total. The number of carbonyl (C=O) groups excluding carboxylic acids is 3. The highest BCUT2D eigenvalue weighted by atomic mass is 16.7. The zero-order valence-corrected chi connectivity index (χ0v) is 11.0. The van der Waals surface area contributed by atoms with Crippen LogP contribution in [-0.4, -0.2) is 34.6 Å². The van der Waals surface area contributed by atoms with Crippen LogP contribution in [0.4, 0.5) is 0 Å². The van der Waals surface area contributed by atoms with Crippen molar-refractivity contribution in [1.29, 1.82) is 0 Å². The number of carbonyl (C=O) groups is 4. The van der Waals surface area contributed by atoms with Gasteiger partial charge < -0.3 is 14.6 Å². The summed E-state index contributed by atoms with van der Waals surface area (Å²) in [5.74, 6) is -7.48. The van der Waals surface area contributed by atoms with Crippen LogP contribution in [0.1, 0.15) is 33.6 Å². The smallest absolute Gasteiger partial charge is 0.324 e. The molecular weight excluding hydrogens is 256 g/mol. The Morgan fingerprint density at radius 3 is 2.11 bits per heavy atom. The Labute approximate surface area is 109 Å². The molecule has 106 valence electrons. The molecule has 0 amide bonds. The number of ketones is 1. The maximum absolute atomic E-state index is 11.8. The normalized spacial score (nSPS) is 20.4. The lowest BCUT2D eigenvalue weighted by molar-refractivity contribution is -0.242. The molecule has 1 atom stereocenters. The molecule has 1 saturated heterocycles. The molecular formula is C12H16O7. The molecule has 0 aromatic carbocycles. The molecule has 1 rings (SSSR count). The van der Waals surface area contributed by atoms with E-state index in [0.717, 1.165) is 0 Å². The summed E-state index contributed by atoms with van der Waals surface area (Å²) in [4.78, 5) is 45.8. The van der Waals surface area contributed by atoms with Gasteiger partial charge in [0, 0.05) is 19.8 Å². The fourth-order valence-electron chi connectivity index (χ4n) is 1.99. The fraction of sp³-hybridized carbons (Fsp3) is 0.667. The first-order chi connectivity index (χ1) is 8.68. The van der Waals surface area contributed by atoms with E-state index in [0.29, 0.717) is 0 Å². The molecule has 1 aliphatic rings. The van der Waals surface area contributed by atoms with Gasteiger partial charge in [-0.15, -0.1) is 0 Å². The molecule has 1 N–H and O–H groups in total. The molecule has 0 aromatic rings. The van der Waals surface area contributed by atoms with E-state index in [9.17, 15) is 19.2 Å². The van der Waals surface area contributed by atoms with Crippen molar-refractivity contribution in [2.45, 2.75) is 39.4 Å². The van der Waals surface area contributed by atoms with Crippen LogP contribution < -0.4 is 0 Å². The first kappa shape index (κ1) is 15.1. The van der Waals surface area contributed by atoms with Gasteiger partial charge in [-0.3, -0.25) is 19.2 Å². The van der Waals surface area contributed by atoms with E-state index in [-0.39, 0.29) is 6.42 Å². The largest absolute Gasteiger partial charge is 0.481 e. The minimum atomic E-state index is -1.38. The molecule has 0 radical (unpaired) electrons. The van der Waals surface area contributed by atoms with Crippen molar-refractivity contribution in [3.63, 3.8) is 0 Å². The van der Waals surface area contributed by atoms with Crippen LogP contribution in [0.3, 0.4) is 0 Å². The third kappa shape index (κ3) is 3.52. The standard InChI is InChI=1S/C12H16O7/c1-4-6(7(13)5-8(14)15)9-10(16)18-12(2,3)19-11(9)17/h6,9H,4-5H2,1-3H3,(H,14,15). The lowest BCUT2D eigenvalue weighted by Crippen LogP contribution is -2.50. The number of cyclic esters (lactones) is 2. The highest BCUT2D eigenvalue weighted by Gasteiger charge is 2.48. The van der Waals surface area contributed by atoms with Gasteiger partial charge in [-0.2, -0.15) is 0 Å². The zero-order valence-electron chi connectivity index (χ0n) is 11.0. The average Bonchev–Trinajstić information content (AvgIpc) is 2.20. The van der Waals surface area contributed by atoms with Gasteiger partial charge in [-0.1, -0.05) is 6.92 Å². The van der Waals surface area contributed by atoms with Crippen molar-refractivity contribution in [3.05, 3.63) is 0 Å². The molecule has 0 aliphatic carbocycles. The van der Waals surface area contributed by atoms with E-state index in [2.05, 4.69) is 0 Å². The number of aliphatic carboxylic acids is 1. The van der Waals surface area contributed by atoms with E-state index >= 15 is 0 Å². The van der Waals surface area contributed by atoms with Crippen LogP contribution in [0.2, 0.25) is 0 Å². The summed E-state index contributed by atoms with van der Waals surface area (Å²) in [6, 6.07) is 0. The van der Waals surface area contributed by atoms with Crippen LogP contribution in [0, 0.1) is 11.8 Å². The quantitative estimate of drug-likeness (QED) is 0.573. The third-order valence-corrected chi connectivity index (χ3v) is 2.78. The van der Waals surface area contributed by atoms with Gasteiger partial charge >= 0.3 is 17.9 Å². The van der Waals surface area contributed by atoms with E-state index in [1.165, 1.54) is 13.8 Å². The number of esters is 2. The number of rotatable bonds is 5. The first-order valence-electron chi connectivity index (χ1n) is 5.88. The molecule has 19 heavy (non-hydrogen) atoms. The van der Waals surface area contributed by atoms with Crippen molar-refractivity contribution in [3.8, 4) is 0 Å². The SMILES string of the molecule is CCC(C(=O)CC(=O)O)C1C(=O)OC(C)(C)OC1=O. The van der Waals surface area contributed by atoms with Crippen molar-refractivity contribution >= 4 is 23.7 Å². The van der Waals surface area contributed by atoms with E-state index < -0.39 is 47.7 Å². The summed E-state index contributed by atoms with van der Waals surface area (Å²) in [6.07, 6.45) is -0.583. The molecule has 1 fully saturated rings. The minimum absolute atomic E-state index is 0.154. The number of carboxylic acids is 1. The third-order valence-electron chi connectivity index (χ3n) is 2.78. The van der Waals surface area contributed by atoms with Crippen LogP contribution in [0.15, 0.2) is 0 Å². The lowest BCUT2D eigenvalue weighted by atomic mass is 9.84. The van der Waals surface area contributed by atoms with Crippen molar-refractivity contribution < 1.29 is 33.8 Å². The van der Waals surface area contributed by atoms with Gasteiger partial charge in [-0.25, -0.2) is 0 Å². The van der Waals surface area contributed by atoms with Gasteiger partial charge in [0.15, 0.2) is 5.92 Å². The summed E-state index contributed by atoms with van der Waals surface area (Å²) in [5.41, 5.74) is 0. The predicted octanol–water partition coefficient (Wildman–Crippen LogP) is 0.509. The van der Waals surface area contributed by atoms with E-state index in [1.54, 1.807) is 6.92 Å². The molecule has 7 heteroatoms. The average molecular weight is 272 g/mol. The Balaban J connectivity index is 2.92. The van der Waals surface area contributed by atoms with Gasteiger partial charge in [0.25, 0.3) is 5.79 Å². The number of hydrogen-bond donors (Lipinski definition) is 1. The monoisotopic (exact) mass is 272 g/mol. The zero-order chi connectivity index (χ0) is 14.8. The Hall–Kier alpha value is -1.92. The summed E-state index contributed by atoms with van der Waals surface area (Å²) in [6.45, 7) is 4.39. The highest BCUT2D eigenvalue weighted by molar-refractivity contribution is 6.04. The second kappa shape index (κ2) is 5.38. The van der Waals surface area contributed by atoms with E-state index in [1.807, 2.05) is 0 Å². The van der Waals surface area contributed by atoms with E-state index in [4.69, 9.17) is 14.6 Å². The first-order valence-corrected chi connectivity index (χ1v) is 5.88. The fourth-order valence-corrected chi connectivity index (χ4v) is 1.99. The van der Waals surface area contributed by atoms with Crippen molar-refractivity contribution in [2.24, 2.45) is 11.8 Å². The van der Waals surface area contributed by atoms with Gasteiger partial charge in [0.05, 0.1) is 0 Å². The van der Waals surface area contributed by atoms with Crippen LogP contribution in [0.25, 0.3) is 0 Å².